The molecule has 2 rings (SSSR count). The Kier molecular flexibility index (Phi) is 6.96. The molecule has 0 spiro atoms. The molecule has 1 aromatic rings. The molecule has 0 aliphatic carbocycles. The van der Waals surface area contributed by atoms with Crippen LogP contribution in [-0.2, 0) is 14.3 Å². The number of anilines is 1. The van der Waals surface area contributed by atoms with Crippen LogP contribution in [0.15, 0.2) is 29.2 Å². The van der Waals surface area contributed by atoms with Crippen molar-refractivity contribution < 1.29 is 19.1 Å². The Morgan fingerprint density at radius 1 is 1.42 bits per heavy atom. The zero-order chi connectivity index (χ0) is 17.4. The van der Waals surface area contributed by atoms with Crippen LogP contribution in [0, 0.1) is 11.3 Å². The Balaban J connectivity index is 1.80. The Morgan fingerprint density at radius 3 is 2.92 bits per heavy atom. The van der Waals surface area contributed by atoms with Gasteiger partial charge in [0.1, 0.15) is 6.54 Å². The van der Waals surface area contributed by atoms with Gasteiger partial charge in [0, 0.05) is 17.2 Å². The lowest BCUT2D eigenvalue weighted by atomic mass is 10.3. The highest BCUT2D eigenvalue weighted by Gasteiger charge is 2.24. The SMILES string of the molecule is N#CCSc1ccccc1NC(=O)COC(=O)CN1CCSC1=O. The van der Waals surface area contributed by atoms with Crippen LogP contribution >= 0.6 is 23.5 Å². The molecule has 1 saturated heterocycles. The first-order chi connectivity index (χ1) is 11.6. The molecule has 1 N–H and O–H groups in total. The zero-order valence-electron chi connectivity index (χ0n) is 12.7. The van der Waals surface area contributed by atoms with E-state index in [1.54, 1.807) is 24.3 Å². The Hall–Kier alpha value is -2.18. The summed E-state index contributed by atoms with van der Waals surface area (Å²) in [5, 5.41) is 11.1. The average Bonchev–Trinajstić information content (AvgIpc) is 2.97. The molecule has 0 radical (unpaired) electrons. The van der Waals surface area contributed by atoms with E-state index in [1.165, 1.54) is 16.7 Å². The summed E-state index contributed by atoms with van der Waals surface area (Å²) in [4.78, 5) is 37.1. The van der Waals surface area contributed by atoms with E-state index in [-0.39, 0.29) is 17.5 Å². The topological polar surface area (TPSA) is 99.5 Å². The maximum Gasteiger partial charge on any atom is 0.326 e. The van der Waals surface area contributed by atoms with Crippen molar-refractivity contribution in [3.63, 3.8) is 0 Å². The molecule has 0 bridgehead atoms. The van der Waals surface area contributed by atoms with Crippen LogP contribution in [0.25, 0.3) is 0 Å². The van der Waals surface area contributed by atoms with Gasteiger partial charge >= 0.3 is 5.97 Å². The molecule has 1 fully saturated rings. The second kappa shape index (κ2) is 9.20. The van der Waals surface area contributed by atoms with Gasteiger partial charge in [0.2, 0.25) is 0 Å². The van der Waals surface area contributed by atoms with Crippen molar-refractivity contribution in [2.75, 3.05) is 36.5 Å². The van der Waals surface area contributed by atoms with Crippen LogP contribution in [0.2, 0.25) is 0 Å². The van der Waals surface area contributed by atoms with Crippen molar-refractivity contribution >= 4 is 46.3 Å². The van der Waals surface area contributed by atoms with Crippen molar-refractivity contribution in [3.8, 4) is 6.07 Å². The number of benzene rings is 1. The number of amides is 2. The molecule has 126 valence electrons. The van der Waals surface area contributed by atoms with E-state index in [9.17, 15) is 14.4 Å². The van der Waals surface area contributed by atoms with Gasteiger partial charge in [0.25, 0.3) is 11.1 Å². The van der Waals surface area contributed by atoms with Crippen LogP contribution in [0.1, 0.15) is 0 Å². The number of hydrogen-bond acceptors (Lipinski definition) is 7. The van der Waals surface area contributed by atoms with E-state index in [0.717, 1.165) is 16.7 Å². The fraction of sp³-hybridized carbons (Fsp3) is 0.333. The summed E-state index contributed by atoms with van der Waals surface area (Å²) >= 11 is 2.46. The number of carbonyl (C=O) groups excluding carboxylic acids is 3. The standard InChI is InChI=1S/C15H15N3O4S2/c16-5-7-23-12-4-2-1-3-11(12)17-13(19)10-22-14(20)9-18-6-8-24-15(18)21/h1-4H,6-10H2,(H,17,19). The third kappa shape index (κ3) is 5.47. The van der Waals surface area contributed by atoms with Crippen LogP contribution in [0.4, 0.5) is 10.5 Å². The lowest BCUT2D eigenvalue weighted by molar-refractivity contribution is -0.147. The predicted molar refractivity (Wildman–Crippen MR) is 91.8 cm³/mol. The zero-order valence-corrected chi connectivity index (χ0v) is 14.3. The summed E-state index contributed by atoms with van der Waals surface area (Å²) in [5.74, 6) is -0.170. The number of para-hydroxylation sites is 1. The molecule has 1 aliphatic heterocycles. The highest BCUT2D eigenvalue weighted by molar-refractivity contribution is 8.13. The predicted octanol–water partition coefficient (Wildman–Crippen LogP) is 1.95. The Labute approximate surface area is 147 Å². The summed E-state index contributed by atoms with van der Waals surface area (Å²) in [6.45, 7) is -0.0622. The van der Waals surface area contributed by atoms with Crippen LogP contribution in [-0.4, -0.2) is 53.2 Å². The minimum atomic E-state index is -0.617. The van der Waals surface area contributed by atoms with Crippen LogP contribution in [0.5, 0.6) is 0 Å². The highest BCUT2D eigenvalue weighted by Crippen LogP contribution is 2.26. The maximum absolute atomic E-state index is 11.9. The quantitative estimate of drug-likeness (QED) is 0.582. The van der Waals surface area contributed by atoms with Gasteiger partial charge < -0.3 is 15.0 Å². The number of rotatable bonds is 7. The van der Waals surface area contributed by atoms with Gasteiger partial charge in [-0.05, 0) is 12.1 Å². The lowest BCUT2D eigenvalue weighted by Gasteiger charge is -2.13. The second-order valence-electron chi connectivity index (χ2n) is 4.69. The number of nitrogens with zero attached hydrogens (tertiary/aromatic N) is 2. The molecule has 7 nitrogen and oxygen atoms in total. The molecule has 0 saturated carbocycles. The first-order valence-electron chi connectivity index (χ1n) is 7.06. The summed E-state index contributed by atoms with van der Waals surface area (Å²) in [7, 11) is 0. The molecule has 0 unspecified atom stereocenters. The largest absolute Gasteiger partial charge is 0.454 e. The van der Waals surface area contributed by atoms with Gasteiger partial charge in [0.05, 0.1) is 17.5 Å². The minimum Gasteiger partial charge on any atom is -0.454 e. The number of hydrogen-bond donors (Lipinski definition) is 1. The molecule has 9 heteroatoms. The van der Waals surface area contributed by atoms with Gasteiger partial charge in [-0.3, -0.25) is 14.4 Å². The van der Waals surface area contributed by atoms with Crippen molar-refractivity contribution in [3.05, 3.63) is 24.3 Å². The normalized spacial score (nSPS) is 13.5. The van der Waals surface area contributed by atoms with Crippen molar-refractivity contribution in [2.24, 2.45) is 0 Å². The third-order valence-corrected chi connectivity index (χ3v) is 4.81. The van der Waals surface area contributed by atoms with Gasteiger partial charge in [-0.25, -0.2) is 0 Å². The summed E-state index contributed by atoms with van der Waals surface area (Å²) in [6, 6.07) is 9.09. The average molecular weight is 365 g/mol. The fourth-order valence-corrected chi connectivity index (χ4v) is 3.40. The number of ether oxygens (including phenoxy) is 1. The molecule has 2 amide bonds. The number of nitrogens with one attached hydrogen (secondary N) is 1. The van der Waals surface area contributed by atoms with Gasteiger partial charge in [-0.15, -0.1) is 11.8 Å². The Morgan fingerprint density at radius 2 is 2.21 bits per heavy atom. The van der Waals surface area contributed by atoms with Gasteiger partial charge in [-0.1, -0.05) is 23.9 Å². The molecule has 1 heterocycles. The first-order valence-corrected chi connectivity index (χ1v) is 9.03. The van der Waals surface area contributed by atoms with Crippen molar-refractivity contribution in [1.82, 2.24) is 4.90 Å². The van der Waals surface area contributed by atoms with E-state index in [4.69, 9.17) is 10.00 Å². The maximum atomic E-state index is 11.9. The number of carbonyl (C=O) groups is 3. The molecular formula is C15H15N3O4S2. The first kappa shape index (κ1) is 18.2. The van der Waals surface area contributed by atoms with Crippen LogP contribution in [0.3, 0.4) is 0 Å². The van der Waals surface area contributed by atoms with E-state index in [0.29, 0.717) is 18.0 Å². The number of nitriles is 1. The van der Waals surface area contributed by atoms with Crippen LogP contribution < -0.4 is 5.32 Å². The Bertz CT molecular complexity index is 675. The molecule has 0 aromatic heterocycles. The number of esters is 1. The van der Waals surface area contributed by atoms with E-state index in [1.807, 2.05) is 6.07 Å². The lowest BCUT2D eigenvalue weighted by Crippen LogP contribution is -2.32. The smallest absolute Gasteiger partial charge is 0.326 e. The molecule has 24 heavy (non-hydrogen) atoms. The van der Waals surface area contributed by atoms with E-state index in [2.05, 4.69) is 5.32 Å². The van der Waals surface area contributed by atoms with E-state index < -0.39 is 18.5 Å². The fourth-order valence-electron chi connectivity index (χ4n) is 1.91. The summed E-state index contributed by atoms with van der Waals surface area (Å²) < 4.78 is 4.89. The number of thioether (sulfide) groups is 2. The second-order valence-corrected chi connectivity index (χ2v) is 6.75. The monoisotopic (exact) mass is 365 g/mol. The third-order valence-electron chi connectivity index (χ3n) is 2.98. The van der Waals surface area contributed by atoms with Gasteiger partial charge in [0.15, 0.2) is 6.61 Å². The molecule has 1 aromatic carbocycles. The van der Waals surface area contributed by atoms with Gasteiger partial charge in [-0.2, -0.15) is 5.26 Å². The summed E-state index contributed by atoms with van der Waals surface area (Å²) in [5.41, 5.74) is 0.560. The van der Waals surface area contributed by atoms with Crippen molar-refractivity contribution in [1.29, 1.82) is 5.26 Å². The molecule has 1 aliphatic rings. The molecular weight excluding hydrogens is 350 g/mol. The molecule has 0 atom stereocenters. The van der Waals surface area contributed by atoms with Crippen molar-refractivity contribution in [2.45, 2.75) is 4.90 Å². The van der Waals surface area contributed by atoms with E-state index >= 15 is 0 Å². The minimum absolute atomic E-state index is 0.145. The summed E-state index contributed by atoms with van der Waals surface area (Å²) in [6.07, 6.45) is 0. The highest BCUT2D eigenvalue weighted by atomic mass is 32.2.